The maximum Gasteiger partial charge on any atom is 0.0512 e. The summed E-state index contributed by atoms with van der Waals surface area (Å²) in [5, 5.41) is 5.03. The van der Waals surface area contributed by atoms with Gasteiger partial charge in [0.1, 0.15) is 0 Å². The molecule has 0 radical (unpaired) electrons. The molecule has 1 unspecified atom stereocenters. The third kappa shape index (κ3) is 1.85. The first-order chi connectivity index (χ1) is 8.66. The molecule has 1 saturated heterocycles. The Morgan fingerprint density at radius 1 is 1.33 bits per heavy atom. The lowest BCUT2D eigenvalue weighted by atomic mass is 10.0. The lowest BCUT2D eigenvalue weighted by Gasteiger charge is -2.09. The van der Waals surface area contributed by atoms with Crippen LogP contribution in [0.25, 0.3) is 10.9 Å². The predicted octanol–water partition coefficient (Wildman–Crippen LogP) is 3.09. The molecule has 2 aromatic rings. The van der Waals surface area contributed by atoms with Crippen molar-refractivity contribution in [3.63, 3.8) is 0 Å². The minimum absolute atomic E-state index is 0.678. The molecule has 2 heteroatoms. The Kier molecular flexibility index (Phi) is 2.90. The van der Waals surface area contributed by atoms with Crippen LogP contribution in [0.3, 0.4) is 0 Å². The Bertz CT molecular complexity index is 574. The van der Waals surface area contributed by atoms with E-state index in [0.29, 0.717) is 6.04 Å². The summed E-state index contributed by atoms with van der Waals surface area (Å²) >= 11 is 0. The molecule has 0 saturated carbocycles. The highest BCUT2D eigenvalue weighted by atomic mass is 14.9. The first kappa shape index (κ1) is 11.8. The fourth-order valence-electron chi connectivity index (χ4n) is 3.24. The van der Waals surface area contributed by atoms with Gasteiger partial charge in [-0.3, -0.25) is 0 Å². The molecule has 1 atom stereocenters. The van der Waals surface area contributed by atoms with Crippen LogP contribution in [-0.2, 0) is 13.5 Å². The zero-order valence-corrected chi connectivity index (χ0v) is 11.6. The molecule has 0 aliphatic carbocycles. The molecule has 96 valence electrons. The summed E-state index contributed by atoms with van der Waals surface area (Å²) in [6.07, 6.45) is 6.13. The third-order valence-corrected chi connectivity index (χ3v) is 4.38. The van der Waals surface area contributed by atoms with Gasteiger partial charge in [-0.25, -0.2) is 0 Å². The van der Waals surface area contributed by atoms with Gasteiger partial charge in [-0.15, -0.1) is 0 Å². The number of hydrogen-bond donors (Lipinski definition) is 1. The van der Waals surface area contributed by atoms with Crippen LogP contribution in [0.5, 0.6) is 0 Å². The third-order valence-electron chi connectivity index (χ3n) is 4.38. The van der Waals surface area contributed by atoms with Gasteiger partial charge in [-0.2, -0.15) is 0 Å². The van der Waals surface area contributed by atoms with Gasteiger partial charge in [0.2, 0.25) is 0 Å². The van der Waals surface area contributed by atoms with E-state index in [1.165, 1.54) is 53.4 Å². The molecule has 1 aliphatic heterocycles. The molecule has 0 spiro atoms. The van der Waals surface area contributed by atoms with Crippen molar-refractivity contribution in [3.8, 4) is 0 Å². The monoisotopic (exact) mass is 242 g/mol. The van der Waals surface area contributed by atoms with Crippen molar-refractivity contribution in [1.82, 2.24) is 9.88 Å². The van der Waals surface area contributed by atoms with Gasteiger partial charge in [0.05, 0.1) is 5.52 Å². The van der Waals surface area contributed by atoms with Crippen LogP contribution >= 0.6 is 0 Å². The molecular weight excluding hydrogens is 220 g/mol. The topological polar surface area (TPSA) is 17.0 Å². The second-order valence-electron chi connectivity index (χ2n) is 5.67. The minimum Gasteiger partial charge on any atom is -0.350 e. The van der Waals surface area contributed by atoms with E-state index in [2.05, 4.69) is 49.1 Å². The lowest BCUT2D eigenvalue weighted by molar-refractivity contribution is 0.604. The van der Waals surface area contributed by atoms with Gasteiger partial charge < -0.3 is 9.88 Å². The largest absolute Gasteiger partial charge is 0.350 e. The molecule has 0 bridgehead atoms. The van der Waals surface area contributed by atoms with Crippen molar-refractivity contribution >= 4 is 10.9 Å². The Hall–Kier alpha value is -1.28. The highest BCUT2D eigenvalue weighted by Crippen LogP contribution is 2.27. The Morgan fingerprint density at radius 3 is 2.89 bits per heavy atom. The number of fused-ring (bicyclic) bond motifs is 1. The molecule has 2 heterocycles. The van der Waals surface area contributed by atoms with E-state index in [-0.39, 0.29) is 0 Å². The van der Waals surface area contributed by atoms with E-state index >= 15 is 0 Å². The molecule has 1 N–H and O–H groups in total. The van der Waals surface area contributed by atoms with Gasteiger partial charge in [0.15, 0.2) is 0 Å². The van der Waals surface area contributed by atoms with Crippen molar-refractivity contribution in [1.29, 1.82) is 0 Å². The summed E-state index contributed by atoms with van der Waals surface area (Å²) in [5.41, 5.74) is 5.70. The maximum absolute atomic E-state index is 3.60. The van der Waals surface area contributed by atoms with Crippen LogP contribution in [-0.4, -0.2) is 17.2 Å². The first-order valence-corrected chi connectivity index (χ1v) is 6.94. The van der Waals surface area contributed by atoms with Crippen LogP contribution in [0.1, 0.15) is 29.5 Å². The SMILES string of the molecule is Cc1ccc2c(CC3CCCN3)cn(C)c2c1C. The predicted molar refractivity (Wildman–Crippen MR) is 77.1 cm³/mol. The number of nitrogens with one attached hydrogen (secondary N) is 1. The van der Waals surface area contributed by atoms with Crippen molar-refractivity contribution in [2.75, 3.05) is 6.54 Å². The molecule has 0 amide bonds. The molecule has 1 aromatic carbocycles. The average Bonchev–Trinajstić information content (AvgIpc) is 2.94. The fourth-order valence-corrected chi connectivity index (χ4v) is 3.24. The molecule has 1 aliphatic rings. The number of rotatable bonds is 2. The highest BCUT2D eigenvalue weighted by molar-refractivity contribution is 5.87. The van der Waals surface area contributed by atoms with Crippen molar-refractivity contribution < 1.29 is 0 Å². The van der Waals surface area contributed by atoms with E-state index in [4.69, 9.17) is 0 Å². The quantitative estimate of drug-likeness (QED) is 0.856. The Morgan fingerprint density at radius 2 is 2.17 bits per heavy atom. The molecule has 18 heavy (non-hydrogen) atoms. The minimum atomic E-state index is 0.678. The summed E-state index contributed by atoms with van der Waals surface area (Å²) in [6.45, 7) is 5.61. The molecule has 3 rings (SSSR count). The van der Waals surface area contributed by atoms with Crippen molar-refractivity contribution in [2.24, 2.45) is 7.05 Å². The Balaban J connectivity index is 2.05. The van der Waals surface area contributed by atoms with E-state index in [9.17, 15) is 0 Å². The number of hydrogen-bond acceptors (Lipinski definition) is 1. The second kappa shape index (κ2) is 4.43. The molecule has 2 nitrogen and oxygen atoms in total. The van der Waals surface area contributed by atoms with E-state index in [0.717, 1.165) is 0 Å². The van der Waals surface area contributed by atoms with Crippen LogP contribution in [0.2, 0.25) is 0 Å². The number of nitrogens with zero attached hydrogens (tertiary/aromatic N) is 1. The normalized spacial score (nSPS) is 19.8. The summed E-state index contributed by atoms with van der Waals surface area (Å²) in [5.74, 6) is 0. The lowest BCUT2D eigenvalue weighted by Crippen LogP contribution is -2.23. The van der Waals surface area contributed by atoms with Crippen LogP contribution in [0.15, 0.2) is 18.3 Å². The molecule has 1 aromatic heterocycles. The zero-order valence-electron chi connectivity index (χ0n) is 11.6. The summed E-state index contributed by atoms with van der Waals surface area (Å²) in [4.78, 5) is 0. The van der Waals surface area contributed by atoms with E-state index in [1.807, 2.05) is 0 Å². The highest BCUT2D eigenvalue weighted by Gasteiger charge is 2.17. The van der Waals surface area contributed by atoms with E-state index < -0.39 is 0 Å². The smallest absolute Gasteiger partial charge is 0.0512 e. The van der Waals surface area contributed by atoms with Gasteiger partial charge in [-0.05, 0) is 56.3 Å². The van der Waals surface area contributed by atoms with Crippen molar-refractivity contribution in [3.05, 3.63) is 35.0 Å². The standard InChI is InChI=1S/C16H22N2/c1-11-6-7-15-13(9-14-5-4-8-17-14)10-18(3)16(15)12(11)2/h6-7,10,14,17H,4-5,8-9H2,1-3H3. The Labute approximate surface area is 109 Å². The number of benzene rings is 1. The molecular formula is C16H22N2. The first-order valence-electron chi connectivity index (χ1n) is 6.94. The molecule has 1 fully saturated rings. The van der Waals surface area contributed by atoms with Crippen LogP contribution in [0, 0.1) is 13.8 Å². The summed E-state index contributed by atoms with van der Waals surface area (Å²) in [7, 11) is 2.17. The van der Waals surface area contributed by atoms with Gasteiger partial charge in [-0.1, -0.05) is 12.1 Å². The van der Waals surface area contributed by atoms with Crippen LogP contribution in [0.4, 0.5) is 0 Å². The summed E-state index contributed by atoms with van der Waals surface area (Å²) in [6, 6.07) is 5.22. The number of aryl methyl sites for hydroxylation is 3. The van der Waals surface area contributed by atoms with Crippen LogP contribution < -0.4 is 5.32 Å². The van der Waals surface area contributed by atoms with Gasteiger partial charge in [0, 0.05) is 24.7 Å². The van der Waals surface area contributed by atoms with Crippen molar-refractivity contribution in [2.45, 2.75) is 39.2 Å². The van der Waals surface area contributed by atoms with Gasteiger partial charge >= 0.3 is 0 Å². The maximum atomic E-state index is 3.60. The summed E-state index contributed by atoms with van der Waals surface area (Å²) < 4.78 is 2.29. The average molecular weight is 242 g/mol. The number of aromatic nitrogens is 1. The zero-order chi connectivity index (χ0) is 12.7. The van der Waals surface area contributed by atoms with Gasteiger partial charge in [0.25, 0.3) is 0 Å². The fraction of sp³-hybridized carbons (Fsp3) is 0.500. The van der Waals surface area contributed by atoms with E-state index in [1.54, 1.807) is 0 Å². The second-order valence-corrected chi connectivity index (χ2v) is 5.67.